The molecule has 0 amide bonds. The Morgan fingerprint density at radius 3 is 2.89 bits per heavy atom. The summed E-state index contributed by atoms with van der Waals surface area (Å²) in [7, 11) is 0.431. The summed E-state index contributed by atoms with van der Waals surface area (Å²) in [4.78, 5) is 11.2. The molecule has 2 unspecified atom stereocenters. The van der Waals surface area contributed by atoms with Crippen molar-refractivity contribution in [1.29, 1.82) is 0 Å². The van der Waals surface area contributed by atoms with Crippen LogP contribution in [0, 0.1) is 0 Å². The zero-order valence-electron chi connectivity index (χ0n) is 10.7. The number of hydrogen-bond donors (Lipinski definition) is 0. The molecule has 2 heteroatoms. The summed E-state index contributed by atoms with van der Waals surface area (Å²) < 4.78 is 0. The van der Waals surface area contributed by atoms with Gasteiger partial charge in [0.15, 0.2) is 0 Å². The summed E-state index contributed by atoms with van der Waals surface area (Å²) in [6.07, 6.45) is 11.7. The third-order valence-corrected chi connectivity index (χ3v) is 4.43. The van der Waals surface area contributed by atoms with Crippen LogP contribution in [0.2, 0.25) is 0 Å². The lowest BCUT2D eigenvalue weighted by Gasteiger charge is -2.18. The third kappa shape index (κ3) is 3.65. The van der Waals surface area contributed by atoms with Crippen molar-refractivity contribution in [3.63, 3.8) is 0 Å². The fourth-order valence-electron chi connectivity index (χ4n) is 2.30. The van der Waals surface area contributed by atoms with E-state index in [9.17, 15) is 4.79 Å². The monoisotopic (exact) mass is 258 g/mol. The highest BCUT2D eigenvalue weighted by atomic mass is 31.1. The molecule has 0 fully saturated rings. The van der Waals surface area contributed by atoms with Crippen LogP contribution < -0.4 is 0 Å². The minimum absolute atomic E-state index is 0.314. The van der Waals surface area contributed by atoms with Crippen molar-refractivity contribution in [3.8, 4) is 0 Å². The van der Waals surface area contributed by atoms with Gasteiger partial charge in [-0.15, -0.1) is 0 Å². The fraction of sp³-hybridized carbons (Fsp3) is 0.312. The number of rotatable bonds is 3. The molecule has 94 valence electrons. The van der Waals surface area contributed by atoms with E-state index in [1.165, 1.54) is 11.1 Å². The van der Waals surface area contributed by atoms with Gasteiger partial charge in [-0.25, -0.2) is 0 Å². The van der Waals surface area contributed by atoms with Crippen LogP contribution in [0.5, 0.6) is 0 Å². The van der Waals surface area contributed by atoms with E-state index in [0.29, 0.717) is 20.0 Å². The van der Waals surface area contributed by atoms with Crippen molar-refractivity contribution in [2.45, 2.75) is 25.7 Å². The summed E-state index contributed by atoms with van der Waals surface area (Å²) in [5.74, 6) is 0.486. The van der Waals surface area contributed by atoms with Gasteiger partial charge in [0.25, 0.3) is 0 Å². The van der Waals surface area contributed by atoms with Crippen molar-refractivity contribution >= 4 is 14.1 Å². The lowest BCUT2D eigenvalue weighted by atomic mass is 9.92. The predicted octanol–water partition coefficient (Wildman–Crippen LogP) is 4.05. The van der Waals surface area contributed by atoms with Crippen molar-refractivity contribution in [3.05, 3.63) is 59.7 Å². The van der Waals surface area contributed by atoms with Gasteiger partial charge in [0.1, 0.15) is 5.52 Å². The zero-order chi connectivity index (χ0) is 12.8. The summed E-state index contributed by atoms with van der Waals surface area (Å²) in [5.41, 5.74) is 3.13. The molecule has 1 aromatic carbocycles. The Hall–Kier alpha value is -1.20. The largest absolute Gasteiger partial charge is 0.295 e. The molecule has 0 heterocycles. The Bertz CT molecular complexity index is 474. The van der Waals surface area contributed by atoms with Gasteiger partial charge < -0.3 is 0 Å². The molecule has 0 radical (unpaired) electrons. The number of carbonyl (C=O) groups is 1. The lowest BCUT2D eigenvalue weighted by molar-refractivity contribution is -0.109. The van der Waals surface area contributed by atoms with Crippen molar-refractivity contribution < 1.29 is 4.79 Å². The van der Waals surface area contributed by atoms with Crippen LogP contribution in [0.15, 0.2) is 48.6 Å². The molecule has 0 spiro atoms. The first-order valence-electron chi connectivity index (χ1n) is 6.41. The average Bonchev–Trinajstić information content (AvgIpc) is 2.46. The van der Waals surface area contributed by atoms with Crippen molar-refractivity contribution in [2.24, 2.45) is 0 Å². The van der Waals surface area contributed by atoms with E-state index in [1.54, 1.807) is 6.92 Å². The van der Waals surface area contributed by atoms with Crippen molar-refractivity contribution in [1.82, 2.24) is 0 Å². The number of fused-ring (bicyclic) bond motifs is 1. The highest BCUT2D eigenvalue weighted by molar-refractivity contribution is 7.57. The first-order valence-corrected chi connectivity index (χ1v) is 7.62. The van der Waals surface area contributed by atoms with Gasteiger partial charge in [-0.2, -0.15) is 0 Å². The fourth-order valence-corrected chi connectivity index (χ4v) is 3.22. The minimum Gasteiger partial charge on any atom is -0.295 e. The topological polar surface area (TPSA) is 17.1 Å². The van der Waals surface area contributed by atoms with Gasteiger partial charge >= 0.3 is 0 Å². The lowest BCUT2D eigenvalue weighted by Crippen LogP contribution is -2.05. The standard InChI is InChI=1S/C16H19OP/c1-13(17)18-12-15-10-5-3-2-4-8-14-9-6-7-11-16(14)15/h2-7,9,11,15,18H,8,10,12H2,1H3/b4-2-,5-3-. The van der Waals surface area contributed by atoms with Crippen LogP contribution >= 0.6 is 8.58 Å². The molecule has 0 aliphatic heterocycles. The van der Waals surface area contributed by atoms with Gasteiger partial charge in [0, 0.05) is 0 Å². The van der Waals surface area contributed by atoms with Crippen LogP contribution in [-0.2, 0) is 11.2 Å². The van der Waals surface area contributed by atoms with Gasteiger partial charge in [0.05, 0.1) is 0 Å². The second kappa shape index (κ2) is 6.66. The maximum absolute atomic E-state index is 11.2. The molecule has 1 aliphatic rings. The molecule has 0 saturated heterocycles. The summed E-state index contributed by atoms with van der Waals surface area (Å²) in [5, 5.41) is 0. The van der Waals surface area contributed by atoms with Crippen LogP contribution in [0.3, 0.4) is 0 Å². The maximum atomic E-state index is 11.2. The molecular weight excluding hydrogens is 239 g/mol. The third-order valence-electron chi connectivity index (χ3n) is 3.23. The molecule has 0 N–H and O–H groups in total. The highest BCUT2D eigenvalue weighted by Gasteiger charge is 2.14. The van der Waals surface area contributed by atoms with Gasteiger partial charge in [-0.3, -0.25) is 4.79 Å². The molecule has 0 bridgehead atoms. The quantitative estimate of drug-likeness (QED) is 0.747. The SMILES string of the molecule is CC(=O)PCC1C/C=C\C=C/Cc2ccccc21. The van der Waals surface area contributed by atoms with Gasteiger partial charge in [0.2, 0.25) is 0 Å². The summed E-state index contributed by atoms with van der Waals surface area (Å²) in [6, 6.07) is 8.63. The van der Waals surface area contributed by atoms with Gasteiger partial charge in [-0.05, 0) is 43.0 Å². The molecule has 0 saturated carbocycles. The highest BCUT2D eigenvalue weighted by Crippen LogP contribution is 2.31. The van der Waals surface area contributed by atoms with E-state index in [0.717, 1.165) is 19.0 Å². The Balaban J connectivity index is 2.25. The molecule has 2 rings (SSSR count). The van der Waals surface area contributed by atoms with E-state index in [4.69, 9.17) is 0 Å². The first-order chi connectivity index (χ1) is 8.77. The van der Waals surface area contributed by atoms with E-state index < -0.39 is 0 Å². The van der Waals surface area contributed by atoms with Crippen LogP contribution in [-0.4, -0.2) is 11.7 Å². The molecule has 1 aliphatic carbocycles. The zero-order valence-corrected chi connectivity index (χ0v) is 11.7. The van der Waals surface area contributed by atoms with E-state index in [-0.39, 0.29) is 0 Å². The second-order valence-corrected chi connectivity index (χ2v) is 6.09. The Morgan fingerprint density at radius 2 is 2.06 bits per heavy atom. The van der Waals surface area contributed by atoms with Crippen molar-refractivity contribution in [2.75, 3.05) is 6.16 Å². The molecule has 1 nitrogen and oxygen atoms in total. The Morgan fingerprint density at radius 1 is 1.28 bits per heavy atom. The molecule has 1 aromatic rings. The number of hydrogen-bond acceptors (Lipinski definition) is 1. The van der Waals surface area contributed by atoms with Crippen LogP contribution in [0.4, 0.5) is 0 Å². The first kappa shape index (κ1) is 13.2. The molecular formula is C16H19OP. The minimum atomic E-state index is 0.314. The molecule has 0 aromatic heterocycles. The van der Waals surface area contributed by atoms with Crippen LogP contribution in [0.25, 0.3) is 0 Å². The molecule has 2 atom stereocenters. The number of benzene rings is 1. The summed E-state index contributed by atoms with van der Waals surface area (Å²) >= 11 is 0. The number of carbonyl (C=O) groups excluding carboxylic acids is 1. The van der Waals surface area contributed by atoms with E-state index in [1.807, 2.05) is 0 Å². The van der Waals surface area contributed by atoms with E-state index in [2.05, 4.69) is 48.6 Å². The average molecular weight is 258 g/mol. The van der Waals surface area contributed by atoms with E-state index >= 15 is 0 Å². The predicted molar refractivity (Wildman–Crippen MR) is 79.6 cm³/mol. The number of allylic oxidation sites excluding steroid dienone is 4. The van der Waals surface area contributed by atoms with Crippen LogP contribution in [0.1, 0.15) is 30.4 Å². The summed E-state index contributed by atoms with van der Waals surface area (Å²) in [6.45, 7) is 1.69. The molecule has 18 heavy (non-hydrogen) atoms. The smallest absolute Gasteiger partial charge is 0.148 e. The second-order valence-electron chi connectivity index (χ2n) is 4.63. The Kier molecular flexibility index (Phi) is 4.90. The van der Waals surface area contributed by atoms with Gasteiger partial charge in [-0.1, -0.05) is 57.2 Å². The normalized spacial score (nSPS) is 22.8. The maximum Gasteiger partial charge on any atom is 0.148 e. The Labute approximate surface area is 111 Å².